The first-order chi connectivity index (χ1) is 15.0. The molecule has 0 bridgehead atoms. The average molecular weight is 425 g/mol. The van der Waals surface area contributed by atoms with E-state index in [1.54, 1.807) is 6.07 Å². The summed E-state index contributed by atoms with van der Waals surface area (Å²) >= 11 is 0. The molecule has 1 heterocycles. The second-order valence-corrected chi connectivity index (χ2v) is 7.65. The van der Waals surface area contributed by atoms with Crippen molar-refractivity contribution in [2.75, 3.05) is 13.2 Å². The molecule has 3 N–H and O–H groups in total. The van der Waals surface area contributed by atoms with Crippen LogP contribution < -0.4 is 15.8 Å². The lowest BCUT2D eigenvalue weighted by molar-refractivity contribution is -0.385. The summed E-state index contributed by atoms with van der Waals surface area (Å²) in [6.07, 6.45) is 4.35. The van der Waals surface area contributed by atoms with Crippen LogP contribution in [0, 0.1) is 16.0 Å². The highest BCUT2D eigenvalue weighted by Gasteiger charge is 2.30. The Morgan fingerprint density at radius 2 is 2.03 bits per heavy atom. The number of carbonyl (C=O) groups is 2. The second-order valence-electron chi connectivity index (χ2n) is 7.65. The number of primary amides is 1. The highest BCUT2D eigenvalue weighted by molar-refractivity contribution is 5.85. The van der Waals surface area contributed by atoms with Gasteiger partial charge in [0.1, 0.15) is 11.3 Å². The number of unbranched alkanes of at least 4 members (excludes halogenated alkanes) is 2. The molecule has 2 atom stereocenters. The third kappa shape index (κ3) is 5.46. The van der Waals surface area contributed by atoms with E-state index in [4.69, 9.17) is 10.5 Å². The van der Waals surface area contributed by atoms with Crippen molar-refractivity contribution in [2.45, 2.75) is 38.1 Å². The molecular weight excluding hydrogens is 398 g/mol. The van der Waals surface area contributed by atoms with E-state index in [0.717, 1.165) is 31.4 Å². The van der Waals surface area contributed by atoms with Gasteiger partial charge in [-0.1, -0.05) is 43.2 Å². The van der Waals surface area contributed by atoms with Gasteiger partial charge in [0.05, 0.1) is 17.4 Å². The molecule has 2 unspecified atom stereocenters. The molecule has 0 fully saturated rings. The van der Waals surface area contributed by atoms with Crippen molar-refractivity contribution in [3.63, 3.8) is 0 Å². The molecule has 1 aliphatic rings. The van der Waals surface area contributed by atoms with Crippen LogP contribution in [-0.2, 0) is 11.2 Å². The Morgan fingerprint density at radius 1 is 1.23 bits per heavy atom. The Balaban J connectivity index is 1.50. The predicted molar refractivity (Wildman–Crippen MR) is 116 cm³/mol. The van der Waals surface area contributed by atoms with E-state index in [9.17, 15) is 19.7 Å². The van der Waals surface area contributed by atoms with E-state index < -0.39 is 4.92 Å². The van der Waals surface area contributed by atoms with E-state index in [1.165, 1.54) is 17.7 Å². The number of ether oxygens (including phenoxy) is 1. The number of nitro groups is 1. The smallest absolute Gasteiger partial charge is 0.283 e. The predicted octanol–water partition coefficient (Wildman–Crippen LogP) is 3.34. The molecule has 8 heteroatoms. The summed E-state index contributed by atoms with van der Waals surface area (Å²) in [5.74, 6) is -0.388. The maximum Gasteiger partial charge on any atom is 0.283 e. The summed E-state index contributed by atoms with van der Waals surface area (Å²) in [5.41, 5.74) is 7.81. The van der Waals surface area contributed by atoms with Crippen LogP contribution in [0.2, 0.25) is 0 Å². The van der Waals surface area contributed by atoms with Crippen LogP contribution in [0.5, 0.6) is 5.75 Å². The normalized spacial score (nSPS) is 16.2. The van der Waals surface area contributed by atoms with E-state index in [2.05, 4.69) is 17.4 Å². The summed E-state index contributed by atoms with van der Waals surface area (Å²) in [6.45, 7) is 1.15. The van der Waals surface area contributed by atoms with Gasteiger partial charge in [-0.25, -0.2) is 0 Å². The highest BCUT2D eigenvalue weighted by atomic mass is 16.6. The molecule has 0 radical (unpaired) electrons. The third-order valence-corrected chi connectivity index (χ3v) is 5.69. The van der Waals surface area contributed by atoms with E-state index >= 15 is 0 Å². The zero-order valence-electron chi connectivity index (χ0n) is 17.3. The largest absolute Gasteiger partial charge is 0.493 e. The zero-order valence-corrected chi connectivity index (χ0v) is 17.3. The van der Waals surface area contributed by atoms with Crippen molar-refractivity contribution in [3.05, 3.63) is 69.3 Å². The minimum Gasteiger partial charge on any atom is -0.493 e. The van der Waals surface area contributed by atoms with Crippen LogP contribution in [0.3, 0.4) is 0 Å². The molecule has 0 saturated carbocycles. The van der Waals surface area contributed by atoms with Gasteiger partial charge in [-0.05, 0) is 43.0 Å². The van der Waals surface area contributed by atoms with Gasteiger partial charge >= 0.3 is 0 Å². The fourth-order valence-corrected chi connectivity index (χ4v) is 4.13. The number of hydrogen-bond donors (Lipinski definition) is 2. The lowest BCUT2D eigenvalue weighted by Crippen LogP contribution is -2.40. The summed E-state index contributed by atoms with van der Waals surface area (Å²) in [7, 11) is 0. The van der Waals surface area contributed by atoms with Crippen LogP contribution >= 0.6 is 0 Å². The average Bonchev–Trinajstić information content (AvgIpc) is 2.77. The number of rotatable bonds is 11. The number of nitrogens with one attached hydrogen (secondary N) is 1. The minimum atomic E-state index is -0.599. The number of carbonyl (C=O) groups excluding carboxylic acids is 2. The molecule has 2 aromatic carbocycles. The Bertz CT molecular complexity index is 947. The van der Waals surface area contributed by atoms with Crippen LogP contribution in [0.25, 0.3) is 0 Å². The summed E-state index contributed by atoms with van der Waals surface area (Å²) in [4.78, 5) is 33.8. The van der Waals surface area contributed by atoms with Gasteiger partial charge in [-0.2, -0.15) is 0 Å². The lowest BCUT2D eigenvalue weighted by atomic mass is 9.83. The molecule has 164 valence electrons. The standard InChI is InChI=1S/C23H27N3O5/c24-23(28)18(22-17-8-4-3-7-16(17)12-13-25-22)9-2-1-5-14-31-21-11-6-10-20(26(29)30)19(21)15-27/h3-4,6-8,10-11,15,18,22,25H,1-2,5,9,12-14H2,(H2,24,28). The summed E-state index contributed by atoms with van der Waals surface area (Å²) < 4.78 is 5.60. The first-order valence-corrected chi connectivity index (χ1v) is 10.5. The number of nitrogens with zero attached hydrogens (tertiary/aromatic N) is 1. The molecule has 0 saturated heterocycles. The summed E-state index contributed by atoms with van der Waals surface area (Å²) in [5, 5.41) is 14.5. The van der Waals surface area contributed by atoms with Gasteiger partial charge in [0.25, 0.3) is 5.69 Å². The van der Waals surface area contributed by atoms with Gasteiger partial charge in [0.15, 0.2) is 6.29 Å². The Hall–Kier alpha value is -3.26. The van der Waals surface area contributed by atoms with E-state index in [-0.39, 0.29) is 34.9 Å². The first-order valence-electron chi connectivity index (χ1n) is 10.5. The molecule has 1 amide bonds. The molecule has 2 aromatic rings. The van der Waals surface area contributed by atoms with Crippen LogP contribution in [0.1, 0.15) is 53.2 Å². The molecule has 31 heavy (non-hydrogen) atoms. The Morgan fingerprint density at radius 3 is 2.77 bits per heavy atom. The number of aldehydes is 1. The Labute approximate surface area is 180 Å². The van der Waals surface area contributed by atoms with Crippen molar-refractivity contribution in [2.24, 2.45) is 11.7 Å². The third-order valence-electron chi connectivity index (χ3n) is 5.69. The monoisotopic (exact) mass is 425 g/mol. The number of fused-ring (bicyclic) bond motifs is 1. The van der Waals surface area contributed by atoms with Crippen molar-refractivity contribution < 1.29 is 19.2 Å². The topological polar surface area (TPSA) is 125 Å². The number of amides is 1. The van der Waals surface area contributed by atoms with Crippen molar-refractivity contribution in [1.29, 1.82) is 0 Å². The fourth-order valence-electron chi connectivity index (χ4n) is 4.13. The molecule has 0 aromatic heterocycles. The maximum atomic E-state index is 12.1. The van der Waals surface area contributed by atoms with Crippen molar-refractivity contribution >= 4 is 17.9 Å². The van der Waals surface area contributed by atoms with Gasteiger partial charge in [-0.15, -0.1) is 0 Å². The number of nitrogens with two attached hydrogens (primary N) is 1. The number of benzene rings is 2. The quantitative estimate of drug-likeness (QED) is 0.246. The molecular formula is C23H27N3O5. The van der Waals surface area contributed by atoms with Crippen LogP contribution in [0.4, 0.5) is 5.69 Å². The molecule has 0 spiro atoms. The summed E-state index contributed by atoms with van der Waals surface area (Å²) in [6, 6.07) is 12.4. The SMILES string of the molecule is NC(=O)C(CCCCCOc1cccc([N+](=O)[O-])c1C=O)C1NCCc2ccccc21. The maximum absolute atomic E-state index is 12.1. The van der Waals surface area contributed by atoms with Crippen LogP contribution in [0.15, 0.2) is 42.5 Å². The van der Waals surface area contributed by atoms with Gasteiger partial charge in [-0.3, -0.25) is 19.7 Å². The molecule has 8 nitrogen and oxygen atoms in total. The van der Waals surface area contributed by atoms with E-state index in [1.807, 2.05) is 12.1 Å². The zero-order chi connectivity index (χ0) is 22.2. The molecule has 1 aliphatic heterocycles. The van der Waals surface area contributed by atoms with Gasteiger partial charge in [0.2, 0.25) is 5.91 Å². The van der Waals surface area contributed by atoms with Crippen molar-refractivity contribution in [3.8, 4) is 5.75 Å². The molecule has 3 rings (SSSR count). The van der Waals surface area contributed by atoms with Gasteiger partial charge in [0, 0.05) is 12.1 Å². The minimum absolute atomic E-state index is 0.0525. The second kappa shape index (κ2) is 10.7. The van der Waals surface area contributed by atoms with E-state index in [0.29, 0.717) is 25.7 Å². The van der Waals surface area contributed by atoms with Crippen LogP contribution in [-0.4, -0.2) is 30.3 Å². The first kappa shape index (κ1) is 22.4. The van der Waals surface area contributed by atoms with Crippen molar-refractivity contribution in [1.82, 2.24) is 5.32 Å². The highest BCUT2D eigenvalue weighted by Crippen LogP contribution is 2.32. The fraction of sp³-hybridized carbons (Fsp3) is 0.391. The molecule has 0 aliphatic carbocycles. The lowest BCUT2D eigenvalue weighted by Gasteiger charge is -2.32. The number of nitro benzene ring substituents is 1. The number of hydrogen-bond acceptors (Lipinski definition) is 6. The van der Waals surface area contributed by atoms with Gasteiger partial charge < -0.3 is 15.8 Å². The Kier molecular flexibility index (Phi) is 7.72.